The second kappa shape index (κ2) is 10.3. The molecule has 8 heteroatoms. The van der Waals surface area contributed by atoms with E-state index in [0.717, 1.165) is 24.0 Å². The number of aromatic hydroxyl groups is 1. The maximum atomic E-state index is 11.2. The monoisotopic (exact) mass is 631 g/mol. The number of phenolic OH excluding ortho intramolecular Hbond substituents is 1. The van der Waals surface area contributed by atoms with Crippen LogP contribution >= 0.6 is 45.2 Å². The number of carboxylic acid groups (broad SMARTS) is 1. The molecule has 0 spiro atoms. The summed E-state index contributed by atoms with van der Waals surface area (Å²) in [5, 5.41) is 19.0. The maximum absolute atomic E-state index is 11.2. The zero-order valence-electron chi connectivity index (χ0n) is 15.8. The van der Waals surface area contributed by atoms with Gasteiger partial charge in [0.15, 0.2) is 5.75 Å². The van der Waals surface area contributed by atoms with Crippen molar-refractivity contribution in [2.75, 3.05) is 0 Å². The number of halogens is 2. The van der Waals surface area contributed by atoms with Crippen LogP contribution < -0.4 is 10.3 Å². The van der Waals surface area contributed by atoms with Gasteiger partial charge in [0.05, 0.1) is 7.14 Å². The first-order chi connectivity index (χ1) is 14.3. The predicted octanol–water partition coefficient (Wildman–Crippen LogP) is 5.08. The van der Waals surface area contributed by atoms with Gasteiger partial charge in [0, 0.05) is 30.7 Å². The lowest BCUT2D eigenvalue weighted by Gasteiger charge is -2.14. The summed E-state index contributed by atoms with van der Waals surface area (Å²) >= 11 is 4.42. The van der Waals surface area contributed by atoms with Gasteiger partial charge in [0.1, 0.15) is 11.5 Å². The Morgan fingerprint density at radius 1 is 1.03 bits per heavy atom. The largest absolute Gasteiger partial charge is 0.508 e. The van der Waals surface area contributed by atoms with Gasteiger partial charge in [0.25, 0.3) is 0 Å². The molecule has 1 heterocycles. The molecule has 156 valence electrons. The number of carbonyl (C=O) groups is 1. The van der Waals surface area contributed by atoms with E-state index in [9.17, 15) is 14.7 Å². The number of aryl methyl sites for hydroxylation is 1. The summed E-state index contributed by atoms with van der Waals surface area (Å²) < 4.78 is 7.97. The molecule has 0 saturated heterocycles. The highest BCUT2D eigenvalue weighted by atomic mass is 127. The standard InChI is InChI=1S/C22H19I2NO5/c23-17-9-13(2-1-3-21(28)29)10-18(24)22(17)30-16-5-6-19(26)15(11-16)8-14-4-7-20(27)25-12-14/h4-7,9-12,26H,1-3,8H2,(H,25,27)(H,28,29). The molecule has 2 aromatic carbocycles. The molecule has 3 rings (SSSR count). The number of phenols is 1. The highest BCUT2D eigenvalue weighted by Crippen LogP contribution is 2.35. The normalized spacial score (nSPS) is 10.7. The number of H-pyrrole nitrogens is 1. The van der Waals surface area contributed by atoms with E-state index in [1.165, 1.54) is 6.07 Å². The van der Waals surface area contributed by atoms with Crippen LogP contribution in [0.5, 0.6) is 17.2 Å². The second-order valence-corrected chi connectivity index (χ2v) is 9.09. The summed E-state index contributed by atoms with van der Waals surface area (Å²) in [5.74, 6) is 0.691. The number of nitrogens with one attached hydrogen (secondary N) is 1. The third kappa shape index (κ3) is 6.21. The molecule has 0 amide bonds. The molecule has 0 aliphatic rings. The van der Waals surface area contributed by atoms with Gasteiger partial charge in [-0.25, -0.2) is 0 Å². The number of aliphatic carboxylic acids is 1. The number of pyridine rings is 1. The topological polar surface area (TPSA) is 99.6 Å². The molecule has 3 aromatic rings. The van der Waals surface area contributed by atoms with E-state index in [1.54, 1.807) is 30.5 Å². The van der Waals surface area contributed by atoms with E-state index in [1.807, 2.05) is 12.1 Å². The Bertz CT molecular complexity index is 1080. The summed E-state index contributed by atoms with van der Waals surface area (Å²) in [7, 11) is 0. The van der Waals surface area contributed by atoms with Crippen molar-refractivity contribution < 1.29 is 19.7 Å². The summed E-state index contributed by atoms with van der Waals surface area (Å²) in [4.78, 5) is 24.6. The third-order valence-corrected chi connectivity index (χ3v) is 6.03. The van der Waals surface area contributed by atoms with Crippen molar-refractivity contribution in [3.05, 3.63) is 82.8 Å². The molecular formula is C22H19I2NO5. The highest BCUT2D eigenvalue weighted by molar-refractivity contribution is 14.1. The zero-order valence-corrected chi connectivity index (χ0v) is 20.1. The van der Waals surface area contributed by atoms with E-state index < -0.39 is 5.97 Å². The van der Waals surface area contributed by atoms with Crippen molar-refractivity contribution in [1.29, 1.82) is 0 Å². The summed E-state index contributed by atoms with van der Waals surface area (Å²) in [5.41, 5.74) is 2.46. The number of aromatic nitrogens is 1. The van der Waals surface area contributed by atoms with Gasteiger partial charge < -0.3 is 19.9 Å². The molecule has 3 N–H and O–H groups in total. The van der Waals surface area contributed by atoms with Crippen LogP contribution in [0.15, 0.2) is 53.5 Å². The van der Waals surface area contributed by atoms with Crippen LogP contribution in [0.25, 0.3) is 0 Å². The first kappa shape index (κ1) is 22.6. The average Bonchev–Trinajstić information content (AvgIpc) is 2.68. The van der Waals surface area contributed by atoms with Crippen LogP contribution in [0.1, 0.15) is 29.5 Å². The SMILES string of the molecule is O=C(O)CCCc1cc(I)c(Oc2ccc(O)c(Cc3ccc(=O)[nH]c3)c2)c(I)c1. The van der Waals surface area contributed by atoms with E-state index >= 15 is 0 Å². The number of benzene rings is 2. The van der Waals surface area contributed by atoms with Gasteiger partial charge in [-0.05, 0) is 99.5 Å². The minimum absolute atomic E-state index is 0.150. The quantitative estimate of drug-likeness (QED) is 0.302. The van der Waals surface area contributed by atoms with E-state index in [4.69, 9.17) is 9.84 Å². The van der Waals surface area contributed by atoms with E-state index in [2.05, 4.69) is 50.2 Å². The summed E-state index contributed by atoms with van der Waals surface area (Å²) in [6.45, 7) is 0. The van der Waals surface area contributed by atoms with Crippen molar-refractivity contribution in [1.82, 2.24) is 4.98 Å². The van der Waals surface area contributed by atoms with Gasteiger partial charge >= 0.3 is 5.97 Å². The Morgan fingerprint density at radius 2 is 1.77 bits per heavy atom. The van der Waals surface area contributed by atoms with Gasteiger partial charge in [-0.1, -0.05) is 6.07 Å². The fourth-order valence-corrected chi connectivity index (χ4v) is 5.07. The zero-order chi connectivity index (χ0) is 21.7. The van der Waals surface area contributed by atoms with Crippen molar-refractivity contribution in [2.45, 2.75) is 25.7 Å². The maximum Gasteiger partial charge on any atom is 0.303 e. The fraction of sp³-hybridized carbons (Fsp3) is 0.182. The molecule has 0 fully saturated rings. The Balaban J connectivity index is 1.78. The predicted molar refractivity (Wildman–Crippen MR) is 130 cm³/mol. The van der Waals surface area contributed by atoms with Crippen molar-refractivity contribution in [3.63, 3.8) is 0 Å². The minimum atomic E-state index is -0.788. The van der Waals surface area contributed by atoms with Crippen LogP contribution in [0.3, 0.4) is 0 Å². The number of rotatable bonds is 8. The first-order valence-electron chi connectivity index (χ1n) is 9.19. The minimum Gasteiger partial charge on any atom is -0.508 e. The smallest absolute Gasteiger partial charge is 0.303 e. The van der Waals surface area contributed by atoms with Crippen molar-refractivity contribution in [3.8, 4) is 17.2 Å². The number of aromatic amines is 1. The number of ether oxygens (including phenoxy) is 1. The fourth-order valence-electron chi connectivity index (χ4n) is 2.96. The third-order valence-electron chi connectivity index (χ3n) is 4.43. The molecule has 0 atom stereocenters. The Hall–Kier alpha value is -2.08. The molecule has 0 radical (unpaired) electrons. The second-order valence-electron chi connectivity index (χ2n) is 6.77. The molecule has 1 aromatic heterocycles. The molecule has 0 bridgehead atoms. The van der Waals surface area contributed by atoms with Crippen LogP contribution in [0, 0.1) is 7.14 Å². The summed E-state index contributed by atoms with van der Waals surface area (Å²) in [6.07, 6.45) is 3.52. The molecule has 0 saturated carbocycles. The van der Waals surface area contributed by atoms with Crippen molar-refractivity contribution in [2.24, 2.45) is 0 Å². The molecule has 0 aliphatic carbocycles. The van der Waals surface area contributed by atoms with Gasteiger partial charge in [0.2, 0.25) is 5.56 Å². The van der Waals surface area contributed by atoms with E-state index in [0.29, 0.717) is 30.6 Å². The molecule has 30 heavy (non-hydrogen) atoms. The van der Waals surface area contributed by atoms with Crippen LogP contribution in [0.4, 0.5) is 0 Å². The molecule has 6 nitrogen and oxygen atoms in total. The molecule has 0 unspecified atom stereocenters. The Kier molecular flexibility index (Phi) is 7.75. The number of hydrogen-bond donors (Lipinski definition) is 3. The van der Waals surface area contributed by atoms with Gasteiger partial charge in [-0.15, -0.1) is 0 Å². The van der Waals surface area contributed by atoms with Crippen LogP contribution in [0.2, 0.25) is 0 Å². The van der Waals surface area contributed by atoms with E-state index in [-0.39, 0.29) is 17.7 Å². The van der Waals surface area contributed by atoms with Crippen LogP contribution in [-0.4, -0.2) is 21.2 Å². The summed E-state index contributed by atoms with van der Waals surface area (Å²) in [6, 6.07) is 12.3. The Labute approximate surface area is 200 Å². The van der Waals surface area contributed by atoms with Crippen LogP contribution in [-0.2, 0) is 17.6 Å². The molecular weight excluding hydrogens is 612 g/mol. The molecule has 0 aliphatic heterocycles. The number of carboxylic acids is 1. The Morgan fingerprint density at radius 3 is 2.40 bits per heavy atom. The number of hydrogen-bond acceptors (Lipinski definition) is 4. The lowest BCUT2D eigenvalue weighted by molar-refractivity contribution is -0.137. The lowest BCUT2D eigenvalue weighted by Crippen LogP contribution is -2.03. The van der Waals surface area contributed by atoms with Crippen molar-refractivity contribution >= 4 is 51.2 Å². The first-order valence-corrected chi connectivity index (χ1v) is 11.3. The van der Waals surface area contributed by atoms with Gasteiger partial charge in [-0.3, -0.25) is 9.59 Å². The van der Waals surface area contributed by atoms with Gasteiger partial charge in [-0.2, -0.15) is 0 Å². The highest BCUT2D eigenvalue weighted by Gasteiger charge is 2.12. The lowest BCUT2D eigenvalue weighted by atomic mass is 10.1. The average molecular weight is 631 g/mol.